The number of hydrogen-bond acceptors (Lipinski definition) is 3. The molecule has 0 aliphatic heterocycles. The Hall–Kier alpha value is -1.29. The second kappa shape index (κ2) is 12.3. The lowest BCUT2D eigenvalue weighted by Gasteiger charge is -2.18. The summed E-state index contributed by atoms with van der Waals surface area (Å²) < 4.78 is 8.91. The maximum Gasteiger partial charge on any atom is 0.191 e. The molecule has 2 N–H and O–H groups in total. The summed E-state index contributed by atoms with van der Waals surface area (Å²) in [4.78, 5) is 4.32. The molecule has 0 radical (unpaired) electrons. The number of aryl methyl sites for hydroxylation is 2. The van der Waals surface area contributed by atoms with Gasteiger partial charge in [0.1, 0.15) is 11.9 Å². The quantitative estimate of drug-likeness (QED) is 0.289. The Morgan fingerprint density at radius 2 is 1.96 bits per heavy atom. The fourth-order valence-corrected chi connectivity index (χ4v) is 3.40. The molecule has 2 rings (SSSR count). The molecule has 156 valence electrons. The number of nitrogens with one attached hydrogen (secondary N) is 2. The first-order valence-electron chi connectivity index (χ1n) is 9.39. The average Bonchev–Trinajstić information content (AvgIpc) is 2.98. The van der Waals surface area contributed by atoms with Crippen molar-refractivity contribution in [2.45, 2.75) is 46.3 Å². The van der Waals surface area contributed by atoms with Crippen molar-refractivity contribution in [3.63, 3.8) is 0 Å². The average molecular weight is 564 g/mol. The number of halogens is 2. The van der Waals surface area contributed by atoms with Crippen molar-refractivity contribution in [3.8, 4) is 5.75 Å². The number of aliphatic imine (C=N–C) groups is 1. The summed E-state index contributed by atoms with van der Waals surface area (Å²) in [6.07, 6.45) is 1.88. The Morgan fingerprint density at radius 3 is 2.57 bits per heavy atom. The van der Waals surface area contributed by atoms with Gasteiger partial charge in [-0.25, -0.2) is 0 Å². The van der Waals surface area contributed by atoms with Crippen LogP contribution >= 0.6 is 39.9 Å². The largest absolute Gasteiger partial charge is 0.488 e. The normalized spacial score (nSPS) is 12.3. The Morgan fingerprint density at radius 1 is 1.25 bits per heavy atom. The van der Waals surface area contributed by atoms with Gasteiger partial charge in [-0.15, -0.1) is 24.0 Å². The minimum absolute atomic E-state index is 0. The third kappa shape index (κ3) is 6.65. The van der Waals surface area contributed by atoms with E-state index in [1.165, 1.54) is 11.3 Å². The molecule has 0 spiro atoms. The summed E-state index contributed by atoms with van der Waals surface area (Å²) >= 11 is 3.51. The predicted molar refractivity (Wildman–Crippen MR) is 130 cm³/mol. The minimum atomic E-state index is -0.00181. The first-order valence-corrected chi connectivity index (χ1v) is 10.2. The van der Waals surface area contributed by atoms with E-state index in [1.54, 1.807) is 7.05 Å². The number of guanidine groups is 1. The molecule has 8 heteroatoms. The van der Waals surface area contributed by atoms with Crippen molar-refractivity contribution in [1.82, 2.24) is 20.4 Å². The van der Waals surface area contributed by atoms with Crippen LogP contribution in [0.2, 0.25) is 0 Å². The van der Waals surface area contributed by atoms with Gasteiger partial charge < -0.3 is 15.4 Å². The van der Waals surface area contributed by atoms with Crippen LogP contribution in [0, 0.1) is 0 Å². The van der Waals surface area contributed by atoms with E-state index in [4.69, 9.17) is 4.74 Å². The SMILES string of the molecule is CCc1nn(C)c(CC)c1CNC(=NC)NCC(C)Oc1ccccc1Br.I. The Labute approximate surface area is 193 Å². The summed E-state index contributed by atoms with van der Waals surface area (Å²) in [7, 11) is 3.79. The van der Waals surface area contributed by atoms with Gasteiger partial charge in [0.2, 0.25) is 0 Å². The molecule has 0 aliphatic carbocycles. The minimum Gasteiger partial charge on any atom is -0.488 e. The van der Waals surface area contributed by atoms with Gasteiger partial charge in [-0.05, 0) is 47.8 Å². The number of benzene rings is 1. The van der Waals surface area contributed by atoms with Crippen molar-refractivity contribution in [3.05, 3.63) is 45.7 Å². The molecular weight excluding hydrogens is 533 g/mol. The van der Waals surface area contributed by atoms with Gasteiger partial charge in [-0.2, -0.15) is 5.10 Å². The van der Waals surface area contributed by atoms with Crippen LogP contribution < -0.4 is 15.4 Å². The van der Waals surface area contributed by atoms with E-state index in [9.17, 15) is 0 Å². The molecule has 0 saturated carbocycles. The number of rotatable bonds is 8. The molecule has 0 amide bonds. The van der Waals surface area contributed by atoms with Crippen LogP contribution in [-0.4, -0.2) is 35.4 Å². The summed E-state index contributed by atoms with van der Waals surface area (Å²) in [5, 5.41) is 11.4. The highest BCUT2D eigenvalue weighted by Crippen LogP contribution is 2.24. The summed E-state index contributed by atoms with van der Waals surface area (Å²) in [6, 6.07) is 7.86. The van der Waals surface area contributed by atoms with Gasteiger partial charge in [0.25, 0.3) is 0 Å². The van der Waals surface area contributed by atoms with E-state index in [0.717, 1.165) is 34.7 Å². The van der Waals surface area contributed by atoms with E-state index in [2.05, 4.69) is 50.5 Å². The number of para-hydroxylation sites is 1. The zero-order chi connectivity index (χ0) is 19.8. The van der Waals surface area contributed by atoms with Crippen molar-refractivity contribution in [2.75, 3.05) is 13.6 Å². The van der Waals surface area contributed by atoms with Crippen LogP contribution in [0.3, 0.4) is 0 Å². The number of aromatic nitrogens is 2. The Kier molecular flexibility index (Phi) is 10.9. The zero-order valence-corrected chi connectivity index (χ0v) is 21.2. The summed E-state index contributed by atoms with van der Waals surface area (Å²) in [5.74, 6) is 1.59. The van der Waals surface area contributed by atoms with Crippen LogP contribution in [0.1, 0.15) is 37.7 Å². The van der Waals surface area contributed by atoms with E-state index in [-0.39, 0.29) is 30.1 Å². The smallest absolute Gasteiger partial charge is 0.191 e. The fraction of sp³-hybridized carbons (Fsp3) is 0.500. The van der Waals surface area contributed by atoms with Crippen LogP contribution in [0.15, 0.2) is 33.7 Å². The predicted octanol–water partition coefficient (Wildman–Crippen LogP) is 4.06. The molecule has 1 unspecified atom stereocenters. The lowest BCUT2D eigenvalue weighted by atomic mass is 10.1. The molecular formula is C20H31BrIN5O. The molecule has 0 fully saturated rings. The molecule has 0 saturated heterocycles. The maximum absolute atomic E-state index is 5.97. The fourth-order valence-electron chi connectivity index (χ4n) is 3.03. The topological polar surface area (TPSA) is 63.5 Å². The number of nitrogens with zero attached hydrogens (tertiary/aromatic N) is 3. The standard InChI is InChI=1S/C20H30BrN5O.HI/c1-6-17-15(18(7-2)26(5)25-17)13-24-20(22-4)23-12-14(3)27-19-11-9-8-10-16(19)21;/h8-11,14H,6-7,12-13H2,1-5H3,(H2,22,23,24);1H. The molecule has 28 heavy (non-hydrogen) atoms. The molecule has 1 atom stereocenters. The molecule has 2 aromatic rings. The van der Waals surface area contributed by atoms with Crippen LogP contribution in [0.5, 0.6) is 5.75 Å². The first kappa shape index (κ1) is 24.7. The number of hydrogen-bond donors (Lipinski definition) is 2. The molecule has 0 bridgehead atoms. The highest BCUT2D eigenvalue weighted by atomic mass is 127. The molecule has 1 aromatic carbocycles. The van der Waals surface area contributed by atoms with Gasteiger partial charge >= 0.3 is 0 Å². The molecule has 6 nitrogen and oxygen atoms in total. The lowest BCUT2D eigenvalue weighted by Crippen LogP contribution is -2.41. The first-order chi connectivity index (χ1) is 13.0. The van der Waals surface area contributed by atoms with Crippen molar-refractivity contribution in [2.24, 2.45) is 12.0 Å². The van der Waals surface area contributed by atoms with E-state index in [1.807, 2.05) is 42.9 Å². The van der Waals surface area contributed by atoms with E-state index >= 15 is 0 Å². The van der Waals surface area contributed by atoms with Crippen molar-refractivity contribution >= 4 is 45.9 Å². The van der Waals surface area contributed by atoms with Crippen molar-refractivity contribution in [1.29, 1.82) is 0 Å². The van der Waals surface area contributed by atoms with Gasteiger partial charge in [-0.3, -0.25) is 9.67 Å². The van der Waals surface area contributed by atoms with Crippen molar-refractivity contribution < 1.29 is 4.74 Å². The lowest BCUT2D eigenvalue weighted by molar-refractivity contribution is 0.222. The van der Waals surface area contributed by atoms with Gasteiger partial charge in [-0.1, -0.05) is 26.0 Å². The monoisotopic (exact) mass is 563 g/mol. The third-order valence-electron chi connectivity index (χ3n) is 4.41. The zero-order valence-electron chi connectivity index (χ0n) is 17.3. The summed E-state index contributed by atoms with van der Waals surface area (Å²) in [6.45, 7) is 7.69. The van der Waals surface area contributed by atoms with Crippen LogP contribution in [0.25, 0.3) is 0 Å². The van der Waals surface area contributed by atoms with E-state index in [0.29, 0.717) is 13.1 Å². The highest BCUT2D eigenvalue weighted by molar-refractivity contribution is 14.0. The second-order valence-electron chi connectivity index (χ2n) is 6.37. The Balaban J connectivity index is 0.00000392. The van der Waals surface area contributed by atoms with E-state index < -0.39 is 0 Å². The second-order valence-corrected chi connectivity index (χ2v) is 7.22. The van der Waals surface area contributed by atoms with Crippen LogP contribution in [-0.2, 0) is 26.4 Å². The number of ether oxygens (including phenoxy) is 1. The van der Waals surface area contributed by atoms with Gasteiger partial charge in [0.15, 0.2) is 5.96 Å². The van der Waals surface area contributed by atoms with Gasteiger partial charge in [0.05, 0.1) is 16.7 Å². The highest BCUT2D eigenvalue weighted by Gasteiger charge is 2.14. The van der Waals surface area contributed by atoms with Crippen LogP contribution in [0.4, 0.5) is 0 Å². The molecule has 0 aliphatic rings. The Bertz CT molecular complexity index is 778. The third-order valence-corrected chi connectivity index (χ3v) is 5.06. The molecule has 1 heterocycles. The maximum atomic E-state index is 5.97. The van der Waals surface area contributed by atoms with Gasteiger partial charge in [0, 0.05) is 31.9 Å². The molecule has 1 aromatic heterocycles. The summed E-state index contributed by atoms with van der Waals surface area (Å²) in [5.41, 5.74) is 3.67.